The predicted octanol–water partition coefficient (Wildman–Crippen LogP) is 8.04. The van der Waals surface area contributed by atoms with Crippen LogP contribution in [0, 0.1) is 5.92 Å². The van der Waals surface area contributed by atoms with Gasteiger partial charge in [-0.15, -0.1) is 0 Å². The Morgan fingerprint density at radius 3 is 2.31 bits per heavy atom. The molecule has 1 atom stereocenters. The second-order valence-corrected chi connectivity index (χ2v) is 8.14. The molecule has 1 saturated carbocycles. The molecule has 0 aromatic heterocycles. The number of rotatable bonds is 10. The van der Waals surface area contributed by atoms with E-state index in [0.29, 0.717) is 12.3 Å². The van der Waals surface area contributed by atoms with Crippen molar-refractivity contribution < 1.29 is 4.79 Å². The second-order valence-electron chi connectivity index (χ2n) is 8.14. The number of Topliss-reactive ketones (excluding diaryl/α,β-unsaturated/α-hetero) is 1. The lowest BCUT2D eigenvalue weighted by Crippen LogP contribution is -2.08. The monoisotopic (exact) mass is 386 g/mol. The summed E-state index contributed by atoms with van der Waals surface area (Å²) >= 11 is 0. The zero-order valence-corrected chi connectivity index (χ0v) is 17.8. The average Bonchev–Trinajstić information content (AvgIpc) is 3.22. The second kappa shape index (κ2) is 11.6. The summed E-state index contributed by atoms with van der Waals surface area (Å²) in [7, 11) is 0. The summed E-state index contributed by atoms with van der Waals surface area (Å²) in [6.07, 6.45) is 15.0. The molecular formula is C28H34O. The van der Waals surface area contributed by atoms with Gasteiger partial charge in [-0.3, -0.25) is 4.79 Å². The van der Waals surface area contributed by atoms with Gasteiger partial charge >= 0.3 is 0 Å². The van der Waals surface area contributed by atoms with E-state index in [1.165, 1.54) is 48.8 Å². The summed E-state index contributed by atoms with van der Waals surface area (Å²) in [5, 5.41) is 0. The van der Waals surface area contributed by atoms with E-state index in [1.807, 2.05) is 30.3 Å². The molecule has 2 aromatic carbocycles. The first-order valence-corrected chi connectivity index (χ1v) is 11.3. The van der Waals surface area contributed by atoms with Crippen molar-refractivity contribution in [2.75, 3.05) is 0 Å². The molecule has 0 aliphatic heterocycles. The summed E-state index contributed by atoms with van der Waals surface area (Å²) in [5.41, 5.74) is 4.95. The minimum absolute atomic E-state index is 0.269. The maximum Gasteiger partial charge on any atom is 0.163 e. The van der Waals surface area contributed by atoms with E-state index >= 15 is 0 Å². The SMILES string of the molecule is CCCCCC/C=C/C(=C1/CCCC1CC(=O)c1ccccc1)c1ccccc1. The van der Waals surface area contributed by atoms with Crippen LogP contribution in [0.3, 0.4) is 0 Å². The van der Waals surface area contributed by atoms with Crippen LogP contribution >= 0.6 is 0 Å². The van der Waals surface area contributed by atoms with Crippen LogP contribution in [0.1, 0.15) is 80.6 Å². The number of unbranched alkanes of at least 4 members (excludes halogenated alkanes) is 4. The summed E-state index contributed by atoms with van der Waals surface area (Å²) in [6.45, 7) is 2.25. The van der Waals surface area contributed by atoms with Crippen LogP contribution in [-0.2, 0) is 0 Å². The number of carbonyl (C=O) groups is 1. The third-order valence-electron chi connectivity index (χ3n) is 5.96. The van der Waals surface area contributed by atoms with Crippen molar-refractivity contribution in [3.8, 4) is 0 Å². The van der Waals surface area contributed by atoms with Crippen LogP contribution in [-0.4, -0.2) is 5.78 Å². The number of hydrogen-bond donors (Lipinski definition) is 0. The van der Waals surface area contributed by atoms with Crippen LogP contribution in [0.5, 0.6) is 0 Å². The topological polar surface area (TPSA) is 17.1 Å². The molecule has 152 valence electrons. The van der Waals surface area contributed by atoms with Gasteiger partial charge in [0.15, 0.2) is 5.78 Å². The maximum absolute atomic E-state index is 12.8. The van der Waals surface area contributed by atoms with Crippen molar-refractivity contribution in [3.05, 3.63) is 89.5 Å². The molecule has 29 heavy (non-hydrogen) atoms. The molecule has 1 nitrogen and oxygen atoms in total. The van der Waals surface area contributed by atoms with Gasteiger partial charge in [0.05, 0.1) is 0 Å². The van der Waals surface area contributed by atoms with Gasteiger partial charge in [0.1, 0.15) is 0 Å². The molecule has 0 amide bonds. The fourth-order valence-corrected chi connectivity index (χ4v) is 4.36. The van der Waals surface area contributed by atoms with Crippen molar-refractivity contribution in [1.82, 2.24) is 0 Å². The minimum Gasteiger partial charge on any atom is -0.294 e. The fourth-order valence-electron chi connectivity index (χ4n) is 4.36. The number of ketones is 1. The van der Waals surface area contributed by atoms with E-state index in [1.54, 1.807) is 0 Å². The Kier molecular flexibility index (Phi) is 8.49. The van der Waals surface area contributed by atoms with Crippen molar-refractivity contribution in [3.63, 3.8) is 0 Å². The van der Waals surface area contributed by atoms with E-state index < -0.39 is 0 Å². The van der Waals surface area contributed by atoms with Crippen LogP contribution in [0.25, 0.3) is 5.57 Å². The van der Waals surface area contributed by atoms with Gasteiger partial charge in [0, 0.05) is 12.0 Å². The molecule has 0 saturated heterocycles. The van der Waals surface area contributed by atoms with Crippen molar-refractivity contribution >= 4 is 11.4 Å². The molecule has 1 fully saturated rings. The van der Waals surface area contributed by atoms with Crippen molar-refractivity contribution in [2.45, 2.75) is 64.7 Å². The lowest BCUT2D eigenvalue weighted by atomic mass is 9.88. The highest BCUT2D eigenvalue weighted by Gasteiger charge is 2.26. The predicted molar refractivity (Wildman–Crippen MR) is 124 cm³/mol. The third kappa shape index (κ3) is 6.29. The smallest absolute Gasteiger partial charge is 0.163 e. The van der Waals surface area contributed by atoms with Crippen LogP contribution < -0.4 is 0 Å². The number of benzene rings is 2. The molecule has 1 aliphatic rings. The van der Waals surface area contributed by atoms with Crippen LogP contribution in [0.2, 0.25) is 0 Å². The molecule has 1 aliphatic carbocycles. The van der Waals surface area contributed by atoms with Gasteiger partial charge in [0.25, 0.3) is 0 Å². The molecule has 0 spiro atoms. The lowest BCUT2D eigenvalue weighted by molar-refractivity contribution is 0.0968. The summed E-state index contributed by atoms with van der Waals surface area (Å²) in [6, 6.07) is 20.5. The average molecular weight is 387 g/mol. The largest absolute Gasteiger partial charge is 0.294 e. The Bertz CT molecular complexity index is 814. The van der Waals surface area contributed by atoms with Gasteiger partial charge < -0.3 is 0 Å². The molecule has 0 radical (unpaired) electrons. The van der Waals surface area contributed by atoms with Crippen molar-refractivity contribution in [2.24, 2.45) is 5.92 Å². The number of allylic oxidation sites excluding steroid dienone is 4. The first-order valence-electron chi connectivity index (χ1n) is 11.3. The Balaban J connectivity index is 1.79. The van der Waals surface area contributed by atoms with Gasteiger partial charge in [0.2, 0.25) is 0 Å². The third-order valence-corrected chi connectivity index (χ3v) is 5.96. The molecule has 1 heteroatoms. The van der Waals surface area contributed by atoms with Gasteiger partial charge in [-0.05, 0) is 49.2 Å². The first kappa shape index (κ1) is 21.3. The zero-order chi connectivity index (χ0) is 20.3. The maximum atomic E-state index is 12.8. The van der Waals surface area contributed by atoms with E-state index in [0.717, 1.165) is 24.8 Å². The molecule has 1 unspecified atom stereocenters. The molecule has 2 aromatic rings. The summed E-state index contributed by atoms with van der Waals surface area (Å²) < 4.78 is 0. The fraction of sp³-hybridized carbons (Fsp3) is 0.393. The molecule has 3 rings (SSSR count). The van der Waals surface area contributed by atoms with E-state index in [2.05, 4.69) is 49.4 Å². The van der Waals surface area contributed by atoms with E-state index in [4.69, 9.17) is 0 Å². The Labute approximate surface area is 176 Å². The highest BCUT2D eigenvalue weighted by molar-refractivity contribution is 5.96. The summed E-state index contributed by atoms with van der Waals surface area (Å²) in [4.78, 5) is 12.8. The highest BCUT2D eigenvalue weighted by atomic mass is 16.1. The Hall–Kier alpha value is -2.41. The van der Waals surface area contributed by atoms with Crippen LogP contribution in [0.4, 0.5) is 0 Å². The van der Waals surface area contributed by atoms with E-state index in [-0.39, 0.29) is 5.78 Å². The van der Waals surface area contributed by atoms with Gasteiger partial charge in [-0.25, -0.2) is 0 Å². The lowest BCUT2D eigenvalue weighted by Gasteiger charge is -2.16. The Morgan fingerprint density at radius 2 is 1.62 bits per heavy atom. The molecular weight excluding hydrogens is 352 g/mol. The minimum atomic E-state index is 0.269. The van der Waals surface area contributed by atoms with Gasteiger partial charge in [-0.1, -0.05) is 105 Å². The highest BCUT2D eigenvalue weighted by Crippen LogP contribution is 2.40. The number of hydrogen-bond acceptors (Lipinski definition) is 1. The van der Waals surface area contributed by atoms with Crippen LogP contribution in [0.15, 0.2) is 78.4 Å². The zero-order valence-electron chi connectivity index (χ0n) is 17.8. The first-order chi connectivity index (χ1) is 14.3. The molecule has 0 heterocycles. The molecule has 0 bridgehead atoms. The Morgan fingerprint density at radius 1 is 0.931 bits per heavy atom. The van der Waals surface area contributed by atoms with Gasteiger partial charge in [-0.2, -0.15) is 0 Å². The molecule has 0 N–H and O–H groups in total. The summed E-state index contributed by atoms with van der Waals surface area (Å²) in [5.74, 6) is 0.633. The van der Waals surface area contributed by atoms with Crippen molar-refractivity contribution in [1.29, 1.82) is 0 Å². The quantitative estimate of drug-likeness (QED) is 0.298. The van der Waals surface area contributed by atoms with E-state index in [9.17, 15) is 4.79 Å². The normalized spacial score (nSPS) is 18.3. The standard InChI is InChI=1S/C28H34O/c1-2-3-4-5-6-13-20-26(23-15-9-7-10-16-23)27-21-14-19-25(27)22-28(29)24-17-11-8-12-18-24/h7-13,15-18,20,25H,2-6,14,19,21-22H2,1H3/b20-13+,27-26+. The number of carbonyl (C=O) groups excluding carboxylic acids is 1.